The van der Waals surface area contributed by atoms with Gasteiger partial charge < -0.3 is 9.47 Å². The summed E-state index contributed by atoms with van der Waals surface area (Å²) in [6, 6.07) is 11.6. The summed E-state index contributed by atoms with van der Waals surface area (Å²) >= 11 is 1.68. The Morgan fingerprint density at radius 3 is 2.83 bits per heavy atom. The zero-order chi connectivity index (χ0) is 12.8. The van der Waals surface area contributed by atoms with Gasteiger partial charge in [-0.25, -0.2) is 0 Å². The summed E-state index contributed by atoms with van der Waals surface area (Å²) in [5.41, 5.74) is 1.54. The molecule has 1 heterocycles. The molecule has 0 amide bonds. The van der Waals surface area contributed by atoms with Crippen molar-refractivity contribution in [3.05, 3.63) is 51.7 Å². The topological polar surface area (TPSA) is 42.2 Å². The Kier molecular flexibility index (Phi) is 4.35. The average Bonchev–Trinajstić information content (AvgIpc) is 2.91. The first-order valence-electron chi connectivity index (χ1n) is 5.50. The van der Waals surface area contributed by atoms with Gasteiger partial charge >= 0.3 is 0 Å². The molecule has 1 aromatic carbocycles. The zero-order valence-corrected chi connectivity index (χ0v) is 10.9. The lowest BCUT2D eigenvalue weighted by Gasteiger charge is -2.07. The third-order valence-corrected chi connectivity index (χ3v) is 3.33. The van der Waals surface area contributed by atoms with Gasteiger partial charge in [0.05, 0.1) is 25.9 Å². The molecule has 2 rings (SSSR count). The number of ether oxygens (including phenoxy) is 2. The van der Waals surface area contributed by atoms with Gasteiger partial charge in [-0.05, 0) is 29.1 Å². The molecule has 0 aliphatic carbocycles. The second kappa shape index (κ2) is 6.20. The van der Waals surface area contributed by atoms with Gasteiger partial charge in [0, 0.05) is 4.88 Å². The number of nitrogens with zero attached hydrogens (tertiary/aromatic N) is 1. The summed E-state index contributed by atoms with van der Waals surface area (Å²) in [5.74, 6) is 0.592. The third-order valence-electron chi connectivity index (χ3n) is 2.48. The van der Waals surface area contributed by atoms with Crippen molar-refractivity contribution in [3.8, 4) is 11.8 Å². The van der Waals surface area contributed by atoms with E-state index in [1.165, 1.54) is 4.88 Å². The second-order valence-corrected chi connectivity index (χ2v) is 4.75. The zero-order valence-electron chi connectivity index (χ0n) is 10.1. The van der Waals surface area contributed by atoms with Gasteiger partial charge in [0.2, 0.25) is 0 Å². The fraction of sp³-hybridized carbons (Fsp3) is 0.214. The van der Waals surface area contributed by atoms with Crippen molar-refractivity contribution in [1.82, 2.24) is 0 Å². The van der Waals surface area contributed by atoms with E-state index >= 15 is 0 Å². The average molecular weight is 259 g/mol. The van der Waals surface area contributed by atoms with E-state index in [2.05, 4.69) is 6.07 Å². The molecule has 0 unspecified atom stereocenters. The normalized spacial score (nSPS) is 10.0. The lowest BCUT2D eigenvalue weighted by atomic mass is 10.1. The third kappa shape index (κ3) is 3.10. The van der Waals surface area contributed by atoms with Crippen molar-refractivity contribution < 1.29 is 9.47 Å². The summed E-state index contributed by atoms with van der Waals surface area (Å²) in [4.78, 5) is 1.20. The molecule has 0 radical (unpaired) electrons. The predicted octanol–water partition coefficient (Wildman–Crippen LogP) is 3.35. The number of benzene rings is 1. The number of rotatable bonds is 5. The number of hydrogen-bond donors (Lipinski definition) is 0. The molecule has 4 heteroatoms. The highest BCUT2D eigenvalue weighted by atomic mass is 32.1. The van der Waals surface area contributed by atoms with Crippen LogP contribution in [0.2, 0.25) is 0 Å². The van der Waals surface area contributed by atoms with E-state index in [0.29, 0.717) is 24.5 Å². The number of methoxy groups -OCH3 is 1. The highest BCUT2D eigenvalue weighted by molar-refractivity contribution is 7.09. The van der Waals surface area contributed by atoms with Crippen LogP contribution in [-0.2, 0) is 18.0 Å². The van der Waals surface area contributed by atoms with E-state index in [4.69, 9.17) is 14.7 Å². The van der Waals surface area contributed by atoms with E-state index < -0.39 is 0 Å². The summed E-state index contributed by atoms with van der Waals surface area (Å²) < 4.78 is 10.8. The van der Waals surface area contributed by atoms with Gasteiger partial charge in [0.25, 0.3) is 0 Å². The van der Waals surface area contributed by atoms with Crippen molar-refractivity contribution >= 4 is 11.3 Å². The molecule has 1 aromatic heterocycles. The smallest absolute Gasteiger partial charge is 0.136 e. The Morgan fingerprint density at radius 2 is 2.17 bits per heavy atom. The highest BCUT2D eigenvalue weighted by Gasteiger charge is 2.04. The second-order valence-electron chi connectivity index (χ2n) is 3.72. The van der Waals surface area contributed by atoms with Crippen LogP contribution in [-0.4, -0.2) is 7.11 Å². The van der Waals surface area contributed by atoms with Crippen molar-refractivity contribution in [2.45, 2.75) is 13.2 Å². The summed E-state index contributed by atoms with van der Waals surface area (Å²) in [6.07, 6.45) is 0. The number of nitriles is 1. The Balaban J connectivity index is 1.95. The van der Waals surface area contributed by atoms with Crippen LogP contribution in [0.25, 0.3) is 0 Å². The van der Waals surface area contributed by atoms with Gasteiger partial charge in [-0.2, -0.15) is 5.26 Å². The van der Waals surface area contributed by atoms with Gasteiger partial charge in [-0.15, -0.1) is 11.3 Å². The highest BCUT2D eigenvalue weighted by Crippen LogP contribution is 2.20. The van der Waals surface area contributed by atoms with E-state index in [1.54, 1.807) is 24.5 Å². The largest absolute Gasteiger partial charge is 0.495 e. The molecule has 3 nitrogen and oxygen atoms in total. The van der Waals surface area contributed by atoms with Crippen LogP contribution in [0, 0.1) is 11.3 Å². The molecular weight excluding hydrogens is 246 g/mol. The lowest BCUT2D eigenvalue weighted by molar-refractivity contribution is 0.109. The van der Waals surface area contributed by atoms with Gasteiger partial charge in [0.1, 0.15) is 11.8 Å². The summed E-state index contributed by atoms with van der Waals surface area (Å²) in [7, 11) is 1.56. The fourth-order valence-corrected chi connectivity index (χ4v) is 2.22. The summed E-state index contributed by atoms with van der Waals surface area (Å²) in [5, 5.41) is 10.9. The van der Waals surface area contributed by atoms with E-state index in [1.807, 2.05) is 29.6 Å². The van der Waals surface area contributed by atoms with Crippen LogP contribution >= 0.6 is 11.3 Å². The van der Waals surface area contributed by atoms with Crippen LogP contribution in [0.5, 0.6) is 5.75 Å². The molecule has 0 bridgehead atoms. The predicted molar refractivity (Wildman–Crippen MR) is 70.5 cm³/mol. The number of hydrogen-bond acceptors (Lipinski definition) is 4. The molecule has 0 aliphatic rings. The van der Waals surface area contributed by atoms with Crippen molar-refractivity contribution in [2.24, 2.45) is 0 Å². The minimum absolute atomic E-state index is 0.514. The van der Waals surface area contributed by atoms with Crippen molar-refractivity contribution in [2.75, 3.05) is 7.11 Å². The molecular formula is C14H13NO2S. The van der Waals surface area contributed by atoms with Crippen LogP contribution in [0.15, 0.2) is 35.7 Å². The minimum atomic E-state index is 0.514. The lowest BCUT2D eigenvalue weighted by Crippen LogP contribution is -1.95. The first kappa shape index (κ1) is 12.6. The molecule has 0 aliphatic heterocycles. The molecule has 2 aromatic rings. The standard InChI is InChI=1S/C14H13NO2S/c1-16-14-7-11(4-5-12(14)8-15)9-17-10-13-3-2-6-18-13/h2-7H,9-10H2,1H3. The minimum Gasteiger partial charge on any atom is -0.495 e. The first-order chi connectivity index (χ1) is 8.83. The quantitative estimate of drug-likeness (QED) is 0.827. The molecule has 0 saturated heterocycles. The van der Waals surface area contributed by atoms with Gasteiger partial charge in [-0.3, -0.25) is 0 Å². The molecule has 18 heavy (non-hydrogen) atoms. The maximum absolute atomic E-state index is 8.88. The Bertz CT molecular complexity index is 543. The SMILES string of the molecule is COc1cc(COCc2cccs2)ccc1C#N. The first-order valence-corrected chi connectivity index (χ1v) is 6.38. The maximum atomic E-state index is 8.88. The monoisotopic (exact) mass is 259 g/mol. The van der Waals surface area contributed by atoms with Gasteiger partial charge in [0.15, 0.2) is 0 Å². The van der Waals surface area contributed by atoms with Crippen molar-refractivity contribution in [1.29, 1.82) is 5.26 Å². The summed E-state index contributed by atoms with van der Waals surface area (Å²) in [6.45, 7) is 1.12. The number of thiophene rings is 1. The Morgan fingerprint density at radius 1 is 1.28 bits per heavy atom. The van der Waals surface area contributed by atoms with Crippen LogP contribution < -0.4 is 4.74 Å². The van der Waals surface area contributed by atoms with E-state index in [9.17, 15) is 0 Å². The molecule has 0 spiro atoms. The van der Waals surface area contributed by atoms with Crippen LogP contribution in [0.1, 0.15) is 16.0 Å². The van der Waals surface area contributed by atoms with E-state index in [0.717, 1.165) is 5.56 Å². The van der Waals surface area contributed by atoms with Crippen molar-refractivity contribution in [3.63, 3.8) is 0 Å². The van der Waals surface area contributed by atoms with Gasteiger partial charge in [-0.1, -0.05) is 12.1 Å². The van der Waals surface area contributed by atoms with Crippen LogP contribution in [0.3, 0.4) is 0 Å². The maximum Gasteiger partial charge on any atom is 0.136 e. The molecule has 92 valence electrons. The molecule has 0 fully saturated rings. The molecule has 0 saturated carbocycles. The van der Waals surface area contributed by atoms with Crippen LogP contribution in [0.4, 0.5) is 0 Å². The fourth-order valence-electron chi connectivity index (χ4n) is 1.58. The van der Waals surface area contributed by atoms with E-state index in [-0.39, 0.29) is 0 Å². The Labute approximate surface area is 110 Å². The molecule has 0 atom stereocenters. The Hall–Kier alpha value is -1.83. The molecule has 0 N–H and O–H groups in total.